The maximum Gasteiger partial charge on any atom is 0.250 e. The van der Waals surface area contributed by atoms with E-state index in [4.69, 9.17) is 4.74 Å². The van der Waals surface area contributed by atoms with Gasteiger partial charge in [0.05, 0.1) is 19.1 Å². The molecule has 0 bridgehead atoms. The van der Waals surface area contributed by atoms with Gasteiger partial charge in [-0.15, -0.1) is 21.5 Å². The summed E-state index contributed by atoms with van der Waals surface area (Å²) in [7, 11) is 1.63. The van der Waals surface area contributed by atoms with Gasteiger partial charge in [0.2, 0.25) is 0 Å². The highest BCUT2D eigenvalue weighted by Crippen LogP contribution is 2.29. The number of thiophene rings is 1. The quantitative estimate of drug-likeness (QED) is 0.223. The fourth-order valence-electron chi connectivity index (χ4n) is 3.06. The summed E-state index contributed by atoms with van der Waals surface area (Å²) in [4.78, 5) is 13.4. The molecular formula is C24H23N5O2S2. The Balaban J connectivity index is 1.54. The molecule has 168 valence electrons. The van der Waals surface area contributed by atoms with E-state index in [-0.39, 0.29) is 11.7 Å². The molecule has 0 radical (unpaired) electrons. The first kappa shape index (κ1) is 22.8. The van der Waals surface area contributed by atoms with Crippen molar-refractivity contribution in [3.63, 3.8) is 0 Å². The summed E-state index contributed by atoms with van der Waals surface area (Å²) < 4.78 is 7.23. The monoisotopic (exact) mass is 477 g/mol. The average Bonchev–Trinajstić information content (AvgIpc) is 3.44. The zero-order chi connectivity index (χ0) is 23.2. The first-order chi connectivity index (χ1) is 16.0. The number of carbonyl (C=O) groups excluding carboxylic acids is 1. The molecule has 0 saturated carbocycles. The Kier molecular flexibility index (Phi) is 7.21. The predicted molar refractivity (Wildman–Crippen MR) is 134 cm³/mol. The van der Waals surface area contributed by atoms with Gasteiger partial charge in [-0.2, -0.15) is 5.10 Å². The van der Waals surface area contributed by atoms with Crippen LogP contribution < -0.4 is 10.2 Å². The van der Waals surface area contributed by atoms with Crippen LogP contribution in [0.1, 0.15) is 16.0 Å². The van der Waals surface area contributed by atoms with E-state index in [0.29, 0.717) is 11.0 Å². The highest BCUT2D eigenvalue weighted by atomic mass is 32.2. The number of nitrogens with one attached hydrogen (secondary N) is 1. The molecule has 0 aliphatic heterocycles. The van der Waals surface area contributed by atoms with Crippen LogP contribution in [0.15, 0.2) is 70.2 Å². The molecule has 33 heavy (non-hydrogen) atoms. The molecule has 2 aromatic heterocycles. The largest absolute Gasteiger partial charge is 0.497 e. The van der Waals surface area contributed by atoms with Gasteiger partial charge in [0.25, 0.3) is 5.91 Å². The molecule has 0 aliphatic carbocycles. The SMILES string of the molecule is COc1ccc(-n2c(SCC(=O)NN=Cc3sccc3C)nnc2-c2ccc(C)cc2)cc1. The highest BCUT2D eigenvalue weighted by Gasteiger charge is 2.17. The number of methoxy groups -OCH3 is 1. The van der Waals surface area contributed by atoms with Crippen molar-refractivity contribution in [1.29, 1.82) is 0 Å². The van der Waals surface area contributed by atoms with E-state index in [1.54, 1.807) is 24.7 Å². The molecule has 0 saturated heterocycles. The van der Waals surface area contributed by atoms with Crippen LogP contribution in [0.25, 0.3) is 17.1 Å². The fourth-order valence-corrected chi connectivity index (χ4v) is 4.59. The Morgan fingerprint density at radius 2 is 1.88 bits per heavy atom. The van der Waals surface area contributed by atoms with E-state index in [9.17, 15) is 4.79 Å². The van der Waals surface area contributed by atoms with Gasteiger partial charge in [0, 0.05) is 16.1 Å². The van der Waals surface area contributed by atoms with Gasteiger partial charge in [0.15, 0.2) is 11.0 Å². The zero-order valence-electron chi connectivity index (χ0n) is 18.5. The summed E-state index contributed by atoms with van der Waals surface area (Å²) in [6.45, 7) is 4.05. The highest BCUT2D eigenvalue weighted by molar-refractivity contribution is 7.99. The standard InChI is InChI=1S/C24H23N5O2S2/c1-16-4-6-18(7-5-16)23-27-28-24(29(23)19-8-10-20(31-3)11-9-19)33-15-22(30)26-25-14-21-17(2)12-13-32-21/h4-14H,15H2,1-3H3,(H,26,30). The molecule has 7 nitrogen and oxygen atoms in total. The van der Waals surface area contributed by atoms with Gasteiger partial charge in [-0.3, -0.25) is 9.36 Å². The van der Waals surface area contributed by atoms with Crippen molar-refractivity contribution in [2.75, 3.05) is 12.9 Å². The Morgan fingerprint density at radius 3 is 2.55 bits per heavy atom. The molecule has 2 aromatic carbocycles. The molecule has 0 unspecified atom stereocenters. The number of aryl methyl sites for hydroxylation is 2. The van der Waals surface area contributed by atoms with Crippen molar-refractivity contribution in [3.05, 3.63) is 76.0 Å². The van der Waals surface area contributed by atoms with E-state index >= 15 is 0 Å². The summed E-state index contributed by atoms with van der Waals surface area (Å²) in [6.07, 6.45) is 1.66. The van der Waals surface area contributed by atoms with Crippen molar-refractivity contribution in [2.45, 2.75) is 19.0 Å². The zero-order valence-corrected chi connectivity index (χ0v) is 20.1. The Morgan fingerprint density at radius 1 is 1.12 bits per heavy atom. The number of aromatic nitrogens is 3. The maximum absolute atomic E-state index is 12.4. The van der Waals surface area contributed by atoms with Crippen molar-refractivity contribution < 1.29 is 9.53 Å². The number of rotatable bonds is 8. The minimum atomic E-state index is -0.216. The minimum absolute atomic E-state index is 0.156. The summed E-state index contributed by atoms with van der Waals surface area (Å²) in [5.41, 5.74) is 6.69. The molecule has 4 aromatic rings. The van der Waals surface area contributed by atoms with Crippen molar-refractivity contribution in [1.82, 2.24) is 20.2 Å². The summed E-state index contributed by atoms with van der Waals surface area (Å²) in [5, 5.41) is 15.5. The summed E-state index contributed by atoms with van der Waals surface area (Å²) in [6, 6.07) is 17.8. The Bertz CT molecular complexity index is 1260. The van der Waals surface area contributed by atoms with Gasteiger partial charge < -0.3 is 4.74 Å². The molecule has 2 heterocycles. The van der Waals surface area contributed by atoms with Gasteiger partial charge in [-0.25, -0.2) is 5.43 Å². The third-order valence-electron chi connectivity index (χ3n) is 4.88. The van der Waals surface area contributed by atoms with Crippen LogP contribution in [0.4, 0.5) is 0 Å². The van der Waals surface area contributed by atoms with Crippen LogP contribution in [0.5, 0.6) is 5.75 Å². The smallest absolute Gasteiger partial charge is 0.250 e. The molecular weight excluding hydrogens is 454 g/mol. The summed E-state index contributed by atoms with van der Waals surface area (Å²) in [5.74, 6) is 1.40. The summed E-state index contributed by atoms with van der Waals surface area (Å²) >= 11 is 2.88. The van der Waals surface area contributed by atoms with Crippen molar-refractivity contribution >= 4 is 35.2 Å². The number of nitrogens with zero attached hydrogens (tertiary/aromatic N) is 4. The molecule has 0 atom stereocenters. The van der Waals surface area contributed by atoms with Gasteiger partial charge in [-0.1, -0.05) is 41.6 Å². The van der Waals surface area contributed by atoms with Crippen LogP contribution in [0, 0.1) is 13.8 Å². The second kappa shape index (κ2) is 10.5. The van der Waals surface area contributed by atoms with E-state index < -0.39 is 0 Å². The Labute approximate surface area is 200 Å². The lowest BCUT2D eigenvalue weighted by Gasteiger charge is -2.11. The normalized spacial score (nSPS) is 11.1. The minimum Gasteiger partial charge on any atom is -0.497 e. The van der Waals surface area contributed by atoms with E-state index in [1.165, 1.54) is 17.3 Å². The second-order valence-electron chi connectivity index (χ2n) is 7.26. The number of hydrogen-bond donors (Lipinski definition) is 1. The number of benzene rings is 2. The van der Waals surface area contributed by atoms with Gasteiger partial charge in [-0.05, 0) is 55.1 Å². The molecule has 4 rings (SSSR count). The van der Waals surface area contributed by atoms with Gasteiger partial charge in [0.1, 0.15) is 5.75 Å². The lowest BCUT2D eigenvalue weighted by Crippen LogP contribution is -2.20. The molecule has 1 amide bonds. The van der Waals surface area contributed by atoms with Crippen LogP contribution >= 0.6 is 23.1 Å². The third kappa shape index (κ3) is 5.50. The fraction of sp³-hybridized carbons (Fsp3) is 0.167. The van der Waals surface area contributed by atoms with Crippen LogP contribution in [0.3, 0.4) is 0 Å². The first-order valence-electron chi connectivity index (χ1n) is 10.2. The van der Waals surface area contributed by atoms with Crippen LogP contribution in [-0.2, 0) is 4.79 Å². The maximum atomic E-state index is 12.4. The average molecular weight is 478 g/mol. The lowest BCUT2D eigenvalue weighted by molar-refractivity contribution is -0.118. The molecule has 0 spiro atoms. The first-order valence-corrected chi connectivity index (χ1v) is 12.1. The third-order valence-corrected chi connectivity index (χ3v) is 6.76. The number of thioether (sulfide) groups is 1. The van der Waals surface area contributed by atoms with Crippen molar-refractivity contribution in [2.24, 2.45) is 5.10 Å². The topological polar surface area (TPSA) is 81.4 Å². The van der Waals surface area contributed by atoms with E-state index in [2.05, 4.69) is 20.7 Å². The molecule has 0 fully saturated rings. The number of amides is 1. The number of hydrazone groups is 1. The second-order valence-corrected chi connectivity index (χ2v) is 9.15. The lowest BCUT2D eigenvalue weighted by atomic mass is 10.1. The number of carbonyl (C=O) groups is 1. The van der Waals surface area contributed by atoms with E-state index in [1.807, 2.05) is 78.4 Å². The molecule has 0 aliphatic rings. The number of hydrogen-bond acceptors (Lipinski definition) is 7. The van der Waals surface area contributed by atoms with Gasteiger partial charge >= 0.3 is 0 Å². The molecule has 1 N–H and O–H groups in total. The van der Waals surface area contributed by atoms with Crippen LogP contribution in [-0.4, -0.2) is 39.7 Å². The Hall–Kier alpha value is -3.43. The van der Waals surface area contributed by atoms with Crippen LogP contribution in [0.2, 0.25) is 0 Å². The number of ether oxygens (including phenoxy) is 1. The predicted octanol–water partition coefficient (Wildman–Crippen LogP) is 4.86. The van der Waals surface area contributed by atoms with E-state index in [0.717, 1.165) is 27.4 Å². The van der Waals surface area contributed by atoms with Crippen molar-refractivity contribution in [3.8, 4) is 22.8 Å². The molecule has 9 heteroatoms.